The Hall–Kier alpha value is 0.870. The van der Waals surface area contributed by atoms with Crippen LogP contribution in [0.25, 0.3) is 0 Å². The van der Waals surface area contributed by atoms with Gasteiger partial charge in [-0.25, -0.2) is 0 Å². The molecule has 0 aromatic rings. The fourth-order valence-electron chi connectivity index (χ4n) is 0. The molecule has 0 bridgehead atoms. The van der Waals surface area contributed by atoms with Crippen molar-refractivity contribution in [2.75, 3.05) is 0 Å². The zero-order valence-electron chi connectivity index (χ0n) is 2.63. The van der Waals surface area contributed by atoms with Gasteiger partial charge in [-0.1, -0.05) is 11.2 Å². The molecule has 0 fully saturated rings. The highest BCUT2D eigenvalue weighted by molar-refractivity contribution is 8.29. The fourth-order valence-corrected chi connectivity index (χ4v) is 0. The molecule has 0 aliphatic heterocycles. The van der Waals surface area contributed by atoms with Crippen LogP contribution in [0.1, 0.15) is 0 Å². The monoisotopic (exact) mass is 148 g/mol. The summed E-state index contributed by atoms with van der Waals surface area (Å²) in [7, 11) is -4.65. The van der Waals surface area contributed by atoms with Crippen molar-refractivity contribution < 1.29 is 14.4 Å². The second-order valence-corrected chi connectivity index (χ2v) is 5.66. The maximum Gasteiger partial charge on any atom is 0.356 e. The van der Waals surface area contributed by atoms with Gasteiger partial charge in [0.1, 0.15) is 0 Å². The summed E-state index contributed by atoms with van der Waals surface area (Å²) in [4.78, 5) is 15.6. The maximum absolute atomic E-state index is 9.57. The normalized spacial score (nSPS) is 13.8. The molecule has 38 valence electrons. The molecule has 6 heavy (non-hydrogen) atoms. The van der Waals surface area contributed by atoms with E-state index in [9.17, 15) is 4.57 Å². The molecular weight excluding hydrogens is 145 g/mol. The van der Waals surface area contributed by atoms with E-state index in [-0.39, 0.29) is 0 Å². The third-order valence-corrected chi connectivity index (χ3v) is 2.97. The SMILES string of the molecule is O=P(O)(O)PCl. The molecular formula is H3ClO3P2. The average Bonchev–Trinajstić information content (AvgIpc) is 1.35. The van der Waals surface area contributed by atoms with Crippen molar-refractivity contribution in [1.29, 1.82) is 0 Å². The van der Waals surface area contributed by atoms with Gasteiger partial charge < -0.3 is 9.79 Å². The summed E-state index contributed by atoms with van der Waals surface area (Å²) in [5.41, 5.74) is 0. The highest BCUT2D eigenvalue weighted by atomic mass is 35.7. The van der Waals surface area contributed by atoms with E-state index in [0.717, 1.165) is 0 Å². The molecule has 2 N–H and O–H groups in total. The molecule has 0 saturated heterocycles. The van der Waals surface area contributed by atoms with Crippen molar-refractivity contribution in [2.24, 2.45) is 0 Å². The van der Waals surface area contributed by atoms with E-state index in [2.05, 4.69) is 0 Å². The quantitative estimate of drug-likeness (QED) is 0.544. The van der Waals surface area contributed by atoms with Crippen LogP contribution in [0.2, 0.25) is 0 Å². The first-order valence-corrected chi connectivity index (χ1v) is 5.46. The van der Waals surface area contributed by atoms with Gasteiger partial charge >= 0.3 is 7.28 Å². The Morgan fingerprint density at radius 3 is 1.83 bits per heavy atom. The standard InChI is InChI=1S/ClH3O3P2/c1-5-6(2,3)4/h5H,(H2,2,3,4). The Labute approximate surface area is 41.3 Å². The molecule has 0 saturated carbocycles. The first-order chi connectivity index (χ1) is 2.56. The molecule has 0 spiro atoms. The van der Waals surface area contributed by atoms with Crippen LogP contribution in [0.4, 0.5) is 0 Å². The van der Waals surface area contributed by atoms with Crippen molar-refractivity contribution in [3.8, 4) is 0 Å². The Bertz CT molecular complexity index is 72.9. The minimum absolute atomic E-state index is 0.794. The summed E-state index contributed by atoms with van der Waals surface area (Å²) in [5.74, 6) is 0. The zero-order valence-corrected chi connectivity index (χ0v) is 5.28. The summed E-state index contributed by atoms with van der Waals surface area (Å²) in [5, 5.41) is 0. The molecule has 1 atom stereocenters. The summed E-state index contributed by atoms with van der Waals surface area (Å²) < 4.78 is 9.57. The summed E-state index contributed by atoms with van der Waals surface area (Å²) in [6.45, 7) is 0. The van der Waals surface area contributed by atoms with Crippen LogP contribution < -0.4 is 0 Å². The third-order valence-electron chi connectivity index (χ3n) is 0.110. The molecule has 0 aromatic carbocycles. The van der Waals surface area contributed by atoms with Crippen molar-refractivity contribution in [3.05, 3.63) is 0 Å². The van der Waals surface area contributed by atoms with Crippen LogP contribution in [0.3, 0.4) is 0 Å². The highest BCUT2D eigenvalue weighted by Gasteiger charge is 2.07. The van der Waals surface area contributed by atoms with Gasteiger partial charge in [-0.2, -0.15) is 0 Å². The van der Waals surface area contributed by atoms with Gasteiger partial charge in [-0.05, 0) is 0 Å². The average molecular weight is 148 g/mol. The second kappa shape index (κ2) is 2.25. The minimum Gasteiger partial charge on any atom is -0.321 e. The Morgan fingerprint density at radius 1 is 1.67 bits per heavy atom. The van der Waals surface area contributed by atoms with Gasteiger partial charge in [0.05, 0.1) is 7.62 Å². The van der Waals surface area contributed by atoms with E-state index in [0.29, 0.717) is 0 Å². The highest BCUT2D eigenvalue weighted by Crippen LogP contribution is 2.58. The first-order valence-electron chi connectivity index (χ1n) is 0.995. The number of hydrogen-bond donors (Lipinski definition) is 2. The molecule has 1 unspecified atom stereocenters. The maximum atomic E-state index is 9.57. The van der Waals surface area contributed by atoms with Crippen molar-refractivity contribution >= 4 is 26.1 Å². The fraction of sp³-hybridized carbons (Fsp3) is 0. The lowest BCUT2D eigenvalue weighted by molar-refractivity contribution is 0.396. The third kappa shape index (κ3) is 4.87. The predicted molar refractivity (Wildman–Crippen MR) is 26.2 cm³/mol. The Morgan fingerprint density at radius 2 is 1.83 bits per heavy atom. The second-order valence-electron chi connectivity index (χ2n) is 0.629. The van der Waals surface area contributed by atoms with Crippen LogP contribution in [-0.2, 0) is 4.57 Å². The van der Waals surface area contributed by atoms with Crippen LogP contribution in [-0.4, -0.2) is 9.79 Å². The smallest absolute Gasteiger partial charge is 0.321 e. The van der Waals surface area contributed by atoms with Crippen LogP contribution in [0.15, 0.2) is 0 Å². The lowest BCUT2D eigenvalue weighted by atomic mass is 15.8. The Balaban J connectivity index is 3.48. The lowest BCUT2D eigenvalue weighted by Gasteiger charge is -1.90. The topological polar surface area (TPSA) is 57.5 Å². The summed E-state index contributed by atoms with van der Waals surface area (Å²) in [6, 6.07) is 0. The van der Waals surface area contributed by atoms with Crippen LogP contribution >= 0.6 is 26.1 Å². The van der Waals surface area contributed by atoms with Crippen molar-refractivity contribution in [2.45, 2.75) is 0 Å². The van der Waals surface area contributed by atoms with Gasteiger partial charge in [0, 0.05) is 0 Å². The van der Waals surface area contributed by atoms with Gasteiger partial charge in [-0.15, -0.1) is 0 Å². The number of halogens is 1. The van der Waals surface area contributed by atoms with Crippen LogP contribution in [0.5, 0.6) is 0 Å². The Kier molecular flexibility index (Phi) is 2.57. The van der Waals surface area contributed by atoms with Gasteiger partial charge in [-0.3, -0.25) is 4.57 Å². The molecule has 6 heteroatoms. The van der Waals surface area contributed by atoms with E-state index < -0.39 is 14.9 Å². The zero-order chi connectivity index (χ0) is 5.21. The molecule has 3 nitrogen and oxygen atoms in total. The van der Waals surface area contributed by atoms with Gasteiger partial charge in [0.2, 0.25) is 0 Å². The number of hydrogen-bond acceptors (Lipinski definition) is 1. The van der Waals surface area contributed by atoms with Gasteiger partial charge in [0.15, 0.2) is 0 Å². The van der Waals surface area contributed by atoms with Gasteiger partial charge in [0.25, 0.3) is 0 Å². The van der Waals surface area contributed by atoms with Crippen LogP contribution in [0, 0.1) is 0 Å². The first kappa shape index (κ1) is 6.87. The molecule has 0 radical (unpaired) electrons. The van der Waals surface area contributed by atoms with Crippen molar-refractivity contribution in [1.82, 2.24) is 0 Å². The molecule has 0 rings (SSSR count). The van der Waals surface area contributed by atoms with E-state index in [1.165, 1.54) is 0 Å². The molecule has 0 amide bonds. The van der Waals surface area contributed by atoms with E-state index in [1.54, 1.807) is 0 Å². The largest absolute Gasteiger partial charge is 0.356 e. The predicted octanol–water partition coefficient (Wildman–Crippen LogP) is 0.911. The summed E-state index contributed by atoms with van der Waals surface area (Å²) >= 11 is 4.74. The molecule has 0 aliphatic carbocycles. The van der Waals surface area contributed by atoms with Crippen molar-refractivity contribution in [3.63, 3.8) is 0 Å². The number of rotatable bonds is 1. The lowest BCUT2D eigenvalue weighted by Crippen LogP contribution is -1.56. The molecule has 0 aromatic heterocycles. The molecule has 0 aliphatic rings. The van der Waals surface area contributed by atoms with E-state index >= 15 is 0 Å². The van der Waals surface area contributed by atoms with E-state index in [4.69, 9.17) is 21.0 Å². The van der Waals surface area contributed by atoms with E-state index in [1.807, 2.05) is 0 Å². The summed E-state index contributed by atoms with van der Waals surface area (Å²) in [6.07, 6.45) is 0. The molecule has 0 heterocycles. The minimum atomic E-state index is -3.85.